The van der Waals surface area contributed by atoms with Crippen molar-refractivity contribution in [2.24, 2.45) is 0 Å². The molecule has 40 heavy (non-hydrogen) atoms. The lowest BCUT2D eigenvalue weighted by Crippen LogP contribution is -2.42. The fraction of sp³-hybridized carbons (Fsp3) is 0.406. The van der Waals surface area contributed by atoms with E-state index < -0.39 is 0 Å². The maximum absolute atomic E-state index is 6.44. The molecule has 8 heteroatoms. The number of anilines is 1. The van der Waals surface area contributed by atoms with Gasteiger partial charge in [0.1, 0.15) is 22.9 Å². The van der Waals surface area contributed by atoms with Gasteiger partial charge in [-0.1, -0.05) is 36.4 Å². The topological polar surface area (TPSA) is 93.6 Å². The summed E-state index contributed by atoms with van der Waals surface area (Å²) in [5, 5.41) is 4.87. The Balaban J connectivity index is 1.10. The number of benzene rings is 1. The Morgan fingerprint density at radius 3 is 2.77 bits per heavy atom. The first kappa shape index (κ1) is 25.4. The van der Waals surface area contributed by atoms with Gasteiger partial charge in [0.25, 0.3) is 0 Å². The molecular formula is C32H37N7O. The predicted octanol–water partition coefficient (Wildman–Crippen LogP) is 4.82. The molecule has 206 valence electrons. The third-order valence-corrected chi connectivity index (χ3v) is 8.56. The first-order valence-corrected chi connectivity index (χ1v) is 14.7. The largest absolute Gasteiger partial charge is 0.382 e. The van der Waals surface area contributed by atoms with Crippen LogP contribution >= 0.6 is 0 Å². The first-order chi connectivity index (χ1) is 19.7. The van der Waals surface area contributed by atoms with Crippen LogP contribution < -0.4 is 11.1 Å². The number of nitrogens with zero attached hydrogens (tertiary/aromatic N) is 5. The summed E-state index contributed by atoms with van der Waals surface area (Å²) >= 11 is 0. The number of nitrogens with two attached hydrogens (primary N) is 1. The standard InChI is InChI=1S/C32H37N7O/c33-31-30-29(24-8-7-23-9-10-27(36-28(23)21-24)22-5-2-1-3-6-22)37-32(39(30)14-12-35-31)25-19-26(20-25)34-11-4-13-38-15-17-40-18-16-38/h2,5-10,12,14,21,25-26,34H,1,3-4,11,13,15-20H2,(H2,33,35). The number of pyridine rings is 1. The molecule has 4 aromatic rings. The summed E-state index contributed by atoms with van der Waals surface area (Å²) < 4.78 is 7.61. The van der Waals surface area contributed by atoms with Gasteiger partial charge in [0.2, 0.25) is 0 Å². The number of nitrogens with one attached hydrogen (secondary N) is 1. The molecule has 0 atom stereocenters. The molecule has 1 saturated heterocycles. The fourth-order valence-corrected chi connectivity index (χ4v) is 6.23. The van der Waals surface area contributed by atoms with Crippen molar-refractivity contribution in [3.8, 4) is 11.3 Å². The lowest BCUT2D eigenvalue weighted by molar-refractivity contribution is 0.0372. The number of aromatic nitrogens is 4. The minimum absolute atomic E-state index is 0.398. The molecule has 1 aromatic carbocycles. The van der Waals surface area contributed by atoms with E-state index in [4.69, 9.17) is 20.4 Å². The quantitative estimate of drug-likeness (QED) is 0.313. The van der Waals surface area contributed by atoms with Crippen molar-refractivity contribution in [3.63, 3.8) is 0 Å². The molecule has 3 N–H and O–H groups in total. The third kappa shape index (κ3) is 5.03. The first-order valence-electron chi connectivity index (χ1n) is 14.7. The van der Waals surface area contributed by atoms with Crippen LogP contribution in [0.5, 0.6) is 0 Å². The average Bonchev–Trinajstić information content (AvgIpc) is 3.37. The van der Waals surface area contributed by atoms with Gasteiger partial charge in [-0.25, -0.2) is 15.0 Å². The van der Waals surface area contributed by atoms with E-state index in [-0.39, 0.29) is 0 Å². The highest BCUT2D eigenvalue weighted by Gasteiger charge is 2.34. The highest BCUT2D eigenvalue weighted by atomic mass is 16.5. The second-order valence-electron chi connectivity index (χ2n) is 11.2. The second-order valence-corrected chi connectivity index (χ2v) is 11.2. The maximum Gasteiger partial charge on any atom is 0.150 e. The Morgan fingerprint density at radius 2 is 1.93 bits per heavy atom. The molecule has 8 nitrogen and oxygen atoms in total. The van der Waals surface area contributed by atoms with Gasteiger partial charge in [-0.2, -0.15) is 0 Å². The Bertz CT molecular complexity index is 1580. The van der Waals surface area contributed by atoms with Crippen molar-refractivity contribution < 1.29 is 4.74 Å². The average molecular weight is 536 g/mol. The Kier molecular flexibility index (Phi) is 7.05. The molecule has 1 saturated carbocycles. The molecule has 3 aromatic heterocycles. The van der Waals surface area contributed by atoms with Crippen molar-refractivity contribution in [3.05, 3.63) is 72.5 Å². The molecule has 2 fully saturated rings. The van der Waals surface area contributed by atoms with Gasteiger partial charge < -0.3 is 15.8 Å². The molecule has 0 bridgehead atoms. The van der Waals surface area contributed by atoms with E-state index in [0.717, 1.165) is 104 Å². The van der Waals surface area contributed by atoms with E-state index in [9.17, 15) is 0 Å². The number of allylic oxidation sites excluding steroid dienone is 4. The molecule has 2 aliphatic carbocycles. The van der Waals surface area contributed by atoms with Crippen LogP contribution in [0.3, 0.4) is 0 Å². The fourth-order valence-electron chi connectivity index (χ4n) is 6.23. The number of fused-ring (bicyclic) bond motifs is 2. The van der Waals surface area contributed by atoms with Gasteiger partial charge in [-0.05, 0) is 62.9 Å². The van der Waals surface area contributed by atoms with Gasteiger partial charge in [0.15, 0.2) is 0 Å². The summed E-state index contributed by atoms with van der Waals surface area (Å²) in [5.74, 6) is 1.98. The number of ether oxygens (including phenoxy) is 1. The van der Waals surface area contributed by atoms with Crippen LogP contribution in [0.4, 0.5) is 5.82 Å². The minimum Gasteiger partial charge on any atom is -0.382 e. The van der Waals surface area contributed by atoms with E-state index in [1.165, 1.54) is 12.0 Å². The third-order valence-electron chi connectivity index (χ3n) is 8.56. The van der Waals surface area contributed by atoms with Crippen LogP contribution in [0.25, 0.3) is 33.3 Å². The molecule has 1 aliphatic heterocycles. The Hall–Kier alpha value is -3.59. The number of hydrogen-bond acceptors (Lipinski definition) is 7. The van der Waals surface area contributed by atoms with Crippen LogP contribution in [0.1, 0.15) is 49.5 Å². The smallest absolute Gasteiger partial charge is 0.150 e. The van der Waals surface area contributed by atoms with E-state index >= 15 is 0 Å². The van der Waals surface area contributed by atoms with Crippen molar-refractivity contribution in [1.82, 2.24) is 29.6 Å². The lowest BCUT2D eigenvalue weighted by atomic mass is 9.79. The van der Waals surface area contributed by atoms with Gasteiger partial charge in [-0.15, -0.1) is 0 Å². The minimum atomic E-state index is 0.398. The number of morpholine rings is 1. The highest BCUT2D eigenvalue weighted by molar-refractivity contribution is 5.91. The summed E-state index contributed by atoms with van der Waals surface area (Å²) in [4.78, 5) is 17.1. The molecular weight excluding hydrogens is 498 g/mol. The summed E-state index contributed by atoms with van der Waals surface area (Å²) in [5.41, 5.74) is 12.4. The molecule has 0 amide bonds. The monoisotopic (exact) mass is 535 g/mol. The van der Waals surface area contributed by atoms with Gasteiger partial charge in [-0.3, -0.25) is 9.30 Å². The van der Waals surface area contributed by atoms with Crippen LogP contribution in [0.2, 0.25) is 0 Å². The maximum atomic E-state index is 6.44. The molecule has 0 spiro atoms. The number of imidazole rings is 1. The summed E-state index contributed by atoms with van der Waals surface area (Å²) in [6.07, 6.45) is 15.9. The van der Waals surface area contributed by atoms with Gasteiger partial charge in [0.05, 0.1) is 24.4 Å². The second kappa shape index (κ2) is 11.1. The van der Waals surface area contributed by atoms with Crippen molar-refractivity contribution >= 4 is 27.8 Å². The van der Waals surface area contributed by atoms with Crippen LogP contribution in [-0.2, 0) is 4.74 Å². The highest BCUT2D eigenvalue weighted by Crippen LogP contribution is 2.40. The lowest BCUT2D eigenvalue weighted by Gasteiger charge is -2.35. The SMILES string of the molecule is Nc1nccn2c(C3CC(NCCCN4CCOCC4)C3)nc(-c3ccc4ccc(C5=CCCC=C5)nc4c3)c12. The van der Waals surface area contributed by atoms with Gasteiger partial charge >= 0.3 is 0 Å². The Labute approximate surface area is 235 Å². The van der Waals surface area contributed by atoms with Crippen LogP contribution in [-0.4, -0.2) is 69.7 Å². The predicted molar refractivity (Wildman–Crippen MR) is 160 cm³/mol. The molecule has 0 unspecified atom stereocenters. The molecule has 0 radical (unpaired) electrons. The summed E-state index contributed by atoms with van der Waals surface area (Å²) in [7, 11) is 0. The van der Waals surface area contributed by atoms with Crippen molar-refractivity contribution in [2.75, 3.05) is 45.1 Å². The molecule has 7 rings (SSSR count). The zero-order valence-electron chi connectivity index (χ0n) is 22.9. The summed E-state index contributed by atoms with van der Waals surface area (Å²) in [6, 6.07) is 11.2. The number of nitrogen functional groups attached to an aromatic ring is 1. The van der Waals surface area contributed by atoms with Crippen molar-refractivity contribution in [2.45, 2.75) is 44.1 Å². The van der Waals surface area contributed by atoms with E-state index in [0.29, 0.717) is 17.8 Å². The van der Waals surface area contributed by atoms with E-state index in [1.807, 2.05) is 6.20 Å². The molecule has 4 heterocycles. The van der Waals surface area contributed by atoms with Crippen LogP contribution in [0.15, 0.2) is 61.0 Å². The van der Waals surface area contributed by atoms with E-state index in [2.05, 4.69) is 68.2 Å². The van der Waals surface area contributed by atoms with Crippen molar-refractivity contribution in [1.29, 1.82) is 0 Å². The zero-order valence-corrected chi connectivity index (χ0v) is 22.9. The number of hydrogen-bond donors (Lipinski definition) is 2. The zero-order chi connectivity index (χ0) is 26.9. The van der Waals surface area contributed by atoms with E-state index in [1.54, 1.807) is 6.20 Å². The normalized spacial score (nSPS) is 21.6. The number of rotatable bonds is 8. The Morgan fingerprint density at radius 1 is 1.05 bits per heavy atom. The summed E-state index contributed by atoms with van der Waals surface area (Å²) in [6.45, 7) is 6.04. The van der Waals surface area contributed by atoms with Gasteiger partial charge in [0, 0.05) is 48.4 Å². The molecule has 3 aliphatic rings. The van der Waals surface area contributed by atoms with Crippen LogP contribution in [0, 0.1) is 0 Å².